The fourth-order valence-corrected chi connectivity index (χ4v) is 3.20. The molecule has 144 valence electrons. The first kappa shape index (κ1) is 19.8. The molecule has 0 spiro atoms. The molecule has 0 N–H and O–H groups in total. The van der Waals surface area contributed by atoms with Crippen molar-refractivity contribution in [3.05, 3.63) is 89.2 Å². The van der Waals surface area contributed by atoms with Crippen molar-refractivity contribution in [1.82, 2.24) is 0 Å². The molecule has 28 heavy (non-hydrogen) atoms. The summed E-state index contributed by atoms with van der Waals surface area (Å²) in [5.41, 5.74) is 3.92. The summed E-state index contributed by atoms with van der Waals surface area (Å²) in [5, 5.41) is 0. The van der Waals surface area contributed by atoms with Gasteiger partial charge in [0, 0.05) is 5.56 Å². The van der Waals surface area contributed by atoms with Gasteiger partial charge in [0.15, 0.2) is 0 Å². The first-order chi connectivity index (χ1) is 13.6. The van der Waals surface area contributed by atoms with Crippen molar-refractivity contribution >= 4 is 5.97 Å². The van der Waals surface area contributed by atoms with Crippen LogP contribution in [0.4, 0.5) is 4.39 Å². The van der Waals surface area contributed by atoms with Gasteiger partial charge in [0.05, 0.1) is 5.56 Å². The van der Waals surface area contributed by atoms with Crippen LogP contribution in [0, 0.1) is 5.82 Å². The van der Waals surface area contributed by atoms with Crippen LogP contribution < -0.4 is 4.74 Å². The van der Waals surface area contributed by atoms with Crippen molar-refractivity contribution in [3.63, 3.8) is 0 Å². The molecule has 3 aromatic carbocycles. The van der Waals surface area contributed by atoms with E-state index in [4.69, 9.17) is 4.74 Å². The Morgan fingerprint density at radius 3 is 2.04 bits per heavy atom. The highest BCUT2D eigenvalue weighted by atomic mass is 19.1. The molecule has 0 fully saturated rings. The topological polar surface area (TPSA) is 26.3 Å². The minimum atomic E-state index is -0.423. The minimum absolute atomic E-state index is 0.242. The number of rotatable bonds is 7. The number of esters is 1. The lowest BCUT2D eigenvalue weighted by Gasteiger charge is -2.08. The van der Waals surface area contributed by atoms with E-state index in [1.165, 1.54) is 5.56 Å². The third-order valence-corrected chi connectivity index (χ3v) is 4.68. The van der Waals surface area contributed by atoms with Crippen molar-refractivity contribution < 1.29 is 13.9 Å². The SMILES string of the molecule is CCCc1ccc(OC(=O)c2ccc(-c3ccc(CCC)cc3F)cc2)cc1. The molecule has 3 heteroatoms. The van der Waals surface area contributed by atoms with Gasteiger partial charge in [-0.25, -0.2) is 9.18 Å². The van der Waals surface area contributed by atoms with E-state index >= 15 is 0 Å². The zero-order valence-electron chi connectivity index (χ0n) is 16.4. The third-order valence-electron chi connectivity index (χ3n) is 4.68. The largest absolute Gasteiger partial charge is 0.423 e. The van der Waals surface area contributed by atoms with Gasteiger partial charge in [-0.2, -0.15) is 0 Å². The molecule has 0 aliphatic carbocycles. The molecule has 0 aliphatic rings. The van der Waals surface area contributed by atoms with Gasteiger partial charge in [0.1, 0.15) is 11.6 Å². The van der Waals surface area contributed by atoms with Gasteiger partial charge in [-0.15, -0.1) is 0 Å². The molecule has 0 bridgehead atoms. The van der Waals surface area contributed by atoms with Crippen LogP contribution in [0.5, 0.6) is 5.75 Å². The summed E-state index contributed by atoms with van der Waals surface area (Å²) in [5.74, 6) is -0.145. The maximum absolute atomic E-state index is 14.4. The number of benzene rings is 3. The number of ether oxygens (including phenoxy) is 1. The predicted octanol–water partition coefficient (Wildman–Crippen LogP) is 6.62. The Labute approximate surface area is 166 Å². The predicted molar refractivity (Wildman–Crippen MR) is 111 cm³/mol. The van der Waals surface area contributed by atoms with E-state index in [9.17, 15) is 9.18 Å². The second-order valence-electron chi connectivity index (χ2n) is 6.93. The van der Waals surface area contributed by atoms with Crippen LogP contribution in [0.2, 0.25) is 0 Å². The maximum atomic E-state index is 14.4. The normalized spacial score (nSPS) is 10.7. The number of carbonyl (C=O) groups is 1. The molecular formula is C25H25FO2. The quantitative estimate of drug-likeness (QED) is 0.342. The second-order valence-corrected chi connectivity index (χ2v) is 6.93. The highest BCUT2D eigenvalue weighted by Gasteiger charge is 2.11. The summed E-state index contributed by atoms with van der Waals surface area (Å²) >= 11 is 0. The molecular weight excluding hydrogens is 351 g/mol. The molecule has 0 heterocycles. The van der Waals surface area contributed by atoms with Crippen LogP contribution >= 0.6 is 0 Å². The Kier molecular flexibility index (Phi) is 6.59. The molecule has 0 saturated carbocycles. The van der Waals surface area contributed by atoms with Crippen molar-refractivity contribution in [2.75, 3.05) is 0 Å². The first-order valence-electron chi connectivity index (χ1n) is 9.80. The number of hydrogen-bond donors (Lipinski definition) is 0. The fraction of sp³-hybridized carbons (Fsp3) is 0.240. The molecule has 0 aliphatic heterocycles. The highest BCUT2D eigenvalue weighted by Crippen LogP contribution is 2.25. The average molecular weight is 376 g/mol. The molecule has 0 aromatic heterocycles. The van der Waals surface area contributed by atoms with Crippen molar-refractivity contribution in [3.8, 4) is 16.9 Å². The Balaban J connectivity index is 1.70. The number of halogens is 1. The fourth-order valence-electron chi connectivity index (χ4n) is 3.20. The van der Waals surface area contributed by atoms with Gasteiger partial charge < -0.3 is 4.74 Å². The van der Waals surface area contributed by atoms with E-state index in [0.717, 1.165) is 36.8 Å². The number of aryl methyl sites for hydroxylation is 2. The van der Waals surface area contributed by atoms with E-state index in [2.05, 4.69) is 13.8 Å². The summed E-state index contributed by atoms with van der Waals surface area (Å²) < 4.78 is 19.8. The molecule has 0 radical (unpaired) electrons. The Bertz CT molecular complexity index is 928. The minimum Gasteiger partial charge on any atom is -0.423 e. The van der Waals surface area contributed by atoms with Crippen LogP contribution in [-0.4, -0.2) is 5.97 Å². The van der Waals surface area contributed by atoms with E-state index in [1.54, 1.807) is 36.4 Å². The summed E-state index contributed by atoms with van der Waals surface area (Å²) in [4.78, 5) is 12.4. The van der Waals surface area contributed by atoms with Crippen LogP contribution in [-0.2, 0) is 12.8 Å². The molecule has 0 unspecified atom stereocenters. The summed E-state index contributed by atoms with van der Waals surface area (Å²) in [6.45, 7) is 4.20. The van der Waals surface area contributed by atoms with Gasteiger partial charge >= 0.3 is 5.97 Å². The Hall–Kier alpha value is -2.94. The molecule has 0 amide bonds. The van der Waals surface area contributed by atoms with E-state index in [1.807, 2.05) is 30.3 Å². The summed E-state index contributed by atoms with van der Waals surface area (Å²) in [7, 11) is 0. The Morgan fingerprint density at radius 2 is 1.43 bits per heavy atom. The van der Waals surface area contributed by atoms with Gasteiger partial charge in [0.2, 0.25) is 0 Å². The Morgan fingerprint density at radius 1 is 0.821 bits per heavy atom. The lowest BCUT2D eigenvalue weighted by molar-refractivity contribution is 0.0734. The molecule has 3 rings (SSSR count). The average Bonchev–Trinajstić information content (AvgIpc) is 2.70. The highest BCUT2D eigenvalue weighted by molar-refractivity contribution is 5.91. The molecule has 2 nitrogen and oxygen atoms in total. The molecule has 3 aromatic rings. The zero-order valence-corrected chi connectivity index (χ0v) is 16.4. The van der Waals surface area contributed by atoms with E-state index in [0.29, 0.717) is 16.9 Å². The third kappa shape index (κ3) is 4.86. The number of carbonyl (C=O) groups excluding carboxylic acids is 1. The van der Waals surface area contributed by atoms with Crippen molar-refractivity contribution in [1.29, 1.82) is 0 Å². The standard InChI is InChI=1S/C25H25FO2/c1-3-5-18-7-14-22(15-8-18)28-25(27)21-12-10-20(11-13-21)23-16-9-19(6-4-2)17-24(23)26/h7-17H,3-6H2,1-2H3. The number of hydrogen-bond acceptors (Lipinski definition) is 2. The van der Waals surface area contributed by atoms with Gasteiger partial charge in [-0.3, -0.25) is 0 Å². The summed E-state index contributed by atoms with van der Waals surface area (Å²) in [6, 6.07) is 19.7. The van der Waals surface area contributed by atoms with Crippen LogP contribution in [0.15, 0.2) is 66.7 Å². The maximum Gasteiger partial charge on any atom is 0.343 e. The van der Waals surface area contributed by atoms with E-state index in [-0.39, 0.29) is 5.82 Å². The zero-order chi connectivity index (χ0) is 19.9. The first-order valence-corrected chi connectivity index (χ1v) is 9.80. The van der Waals surface area contributed by atoms with Crippen LogP contribution in [0.3, 0.4) is 0 Å². The lowest BCUT2D eigenvalue weighted by Crippen LogP contribution is -2.08. The van der Waals surface area contributed by atoms with Crippen molar-refractivity contribution in [2.24, 2.45) is 0 Å². The van der Waals surface area contributed by atoms with Crippen LogP contribution in [0.25, 0.3) is 11.1 Å². The molecule has 0 saturated heterocycles. The van der Waals surface area contributed by atoms with Gasteiger partial charge in [0.25, 0.3) is 0 Å². The monoisotopic (exact) mass is 376 g/mol. The lowest BCUT2D eigenvalue weighted by atomic mass is 10.0. The van der Waals surface area contributed by atoms with Crippen molar-refractivity contribution in [2.45, 2.75) is 39.5 Å². The van der Waals surface area contributed by atoms with Gasteiger partial charge in [-0.1, -0.05) is 63.1 Å². The molecule has 0 atom stereocenters. The summed E-state index contributed by atoms with van der Waals surface area (Å²) in [6.07, 6.45) is 3.93. The second kappa shape index (κ2) is 9.32. The van der Waals surface area contributed by atoms with E-state index < -0.39 is 5.97 Å². The van der Waals surface area contributed by atoms with Gasteiger partial charge in [-0.05, 0) is 59.9 Å². The smallest absolute Gasteiger partial charge is 0.343 e. The van der Waals surface area contributed by atoms with Crippen LogP contribution in [0.1, 0.15) is 48.2 Å².